The van der Waals surface area contributed by atoms with Gasteiger partial charge in [0.2, 0.25) is 0 Å². The van der Waals surface area contributed by atoms with Crippen molar-refractivity contribution in [2.24, 2.45) is 0 Å². The first-order valence-corrected chi connectivity index (χ1v) is 2.75. The lowest BCUT2D eigenvalue weighted by Gasteiger charge is -2.00. The number of aliphatic carboxylic acids is 1. The van der Waals surface area contributed by atoms with E-state index in [2.05, 4.69) is 9.47 Å². The van der Waals surface area contributed by atoms with Gasteiger partial charge in [-0.1, -0.05) is 0 Å². The second-order valence-electron chi connectivity index (χ2n) is 1.49. The number of rotatable bonds is 6. The van der Waals surface area contributed by atoms with Crippen molar-refractivity contribution < 1.29 is 24.5 Å². The summed E-state index contributed by atoms with van der Waals surface area (Å²) < 4.78 is 9.06. The minimum atomic E-state index is -1.03. The predicted octanol–water partition coefficient (Wildman–Crippen LogP) is -0.946. The van der Waals surface area contributed by atoms with Crippen molar-refractivity contribution in [2.45, 2.75) is 0 Å². The van der Waals surface area contributed by atoms with Crippen LogP contribution in [0.15, 0.2) is 0 Å². The van der Waals surface area contributed by atoms with Crippen molar-refractivity contribution in [3.8, 4) is 0 Å². The molecule has 5 heteroatoms. The Morgan fingerprint density at radius 3 is 2.60 bits per heavy atom. The summed E-state index contributed by atoms with van der Waals surface area (Å²) in [4.78, 5) is 9.80. The molecular weight excluding hydrogens is 140 g/mol. The van der Waals surface area contributed by atoms with Gasteiger partial charge in [0.1, 0.15) is 13.4 Å². The first kappa shape index (κ1) is 9.35. The molecule has 0 bridgehead atoms. The lowest BCUT2D eigenvalue weighted by molar-refractivity contribution is -0.148. The highest BCUT2D eigenvalue weighted by molar-refractivity contribution is 5.67. The Morgan fingerprint density at radius 1 is 1.40 bits per heavy atom. The second kappa shape index (κ2) is 6.47. The van der Waals surface area contributed by atoms with E-state index in [1.807, 2.05) is 0 Å². The number of carboxylic acids is 1. The maximum atomic E-state index is 9.80. The Labute approximate surface area is 58.2 Å². The van der Waals surface area contributed by atoms with Crippen LogP contribution in [0, 0.1) is 0 Å². The Kier molecular flexibility index (Phi) is 6.05. The molecular formula is C5H10O5. The number of carboxylic acid groups (broad SMARTS) is 1. The highest BCUT2D eigenvalue weighted by Crippen LogP contribution is 1.77. The van der Waals surface area contributed by atoms with Crippen molar-refractivity contribution in [1.82, 2.24) is 0 Å². The molecule has 0 rings (SSSR count). The maximum absolute atomic E-state index is 9.80. The first-order chi connectivity index (χ1) is 4.77. The molecule has 0 fully saturated rings. The Balaban J connectivity index is 2.84. The van der Waals surface area contributed by atoms with E-state index in [1.54, 1.807) is 0 Å². The summed E-state index contributed by atoms with van der Waals surface area (Å²) in [6.45, 7) is -0.381. The minimum absolute atomic E-state index is 0.0869. The van der Waals surface area contributed by atoms with Gasteiger partial charge in [0.15, 0.2) is 0 Å². The van der Waals surface area contributed by atoms with Crippen LogP contribution < -0.4 is 0 Å². The third-order valence-electron chi connectivity index (χ3n) is 0.628. The molecule has 0 spiro atoms. The summed E-state index contributed by atoms with van der Waals surface area (Å²) in [7, 11) is 0. The van der Waals surface area contributed by atoms with Gasteiger partial charge in [-0.05, 0) is 0 Å². The molecule has 0 atom stereocenters. The van der Waals surface area contributed by atoms with Gasteiger partial charge in [-0.3, -0.25) is 0 Å². The third kappa shape index (κ3) is 7.35. The molecule has 0 aromatic heterocycles. The first-order valence-electron chi connectivity index (χ1n) is 2.75. The van der Waals surface area contributed by atoms with Crippen molar-refractivity contribution >= 4 is 5.97 Å². The lowest BCUT2D eigenvalue weighted by atomic mass is 10.7. The van der Waals surface area contributed by atoms with Crippen LogP contribution in [0.5, 0.6) is 0 Å². The van der Waals surface area contributed by atoms with Crippen molar-refractivity contribution in [3.05, 3.63) is 0 Å². The maximum Gasteiger partial charge on any atom is 0.329 e. The van der Waals surface area contributed by atoms with Crippen molar-refractivity contribution in [1.29, 1.82) is 0 Å². The van der Waals surface area contributed by atoms with Gasteiger partial charge in [-0.15, -0.1) is 0 Å². The average Bonchev–Trinajstić information content (AvgIpc) is 1.87. The van der Waals surface area contributed by atoms with Crippen LogP contribution >= 0.6 is 0 Å². The van der Waals surface area contributed by atoms with E-state index in [0.29, 0.717) is 0 Å². The molecule has 0 aliphatic heterocycles. The number of ether oxygens (including phenoxy) is 2. The molecule has 2 N–H and O–H groups in total. The molecule has 0 aromatic rings. The number of hydrogen-bond donors (Lipinski definition) is 2. The van der Waals surface area contributed by atoms with Crippen LogP contribution in [-0.4, -0.2) is 42.8 Å². The Hall–Kier alpha value is -0.650. The van der Waals surface area contributed by atoms with Crippen LogP contribution in [0.1, 0.15) is 0 Å². The van der Waals surface area contributed by atoms with Crippen LogP contribution in [0.3, 0.4) is 0 Å². The normalized spacial score (nSPS) is 9.70. The summed E-state index contributed by atoms with van der Waals surface area (Å²) >= 11 is 0. The molecule has 0 saturated carbocycles. The Bertz CT molecular complexity index is 92.0. The monoisotopic (exact) mass is 150 g/mol. The molecule has 0 radical (unpaired) electrons. The van der Waals surface area contributed by atoms with Gasteiger partial charge in [0, 0.05) is 0 Å². The van der Waals surface area contributed by atoms with Crippen LogP contribution in [0.4, 0.5) is 0 Å². The zero-order valence-electron chi connectivity index (χ0n) is 5.45. The van der Waals surface area contributed by atoms with E-state index in [0.717, 1.165) is 0 Å². The fourth-order valence-electron chi connectivity index (χ4n) is 0.311. The van der Waals surface area contributed by atoms with E-state index < -0.39 is 5.97 Å². The lowest BCUT2D eigenvalue weighted by Crippen LogP contribution is -2.10. The minimum Gasteiger partial charge on any atom is -0.480 e. The van der Waals surface area contributed by atoms with Crippen LogP contribution in [-0.2, 0) is 14.3 Å². The van der Waals surface area contributed by atoms with Crippen LogP contribution in [0.2, 0.25) is 0 Å². The largest absolute Gasteiger partial charge is 0.480 e. The van der Waals surface area contributed by atoms with E-state index >= 15 is 0 Å². The number of aliphatic hydroxyl groups is 1. The molecule has 0 unspecified atom stereocenters. The van der Waals surface area contributed by atoms with Gasteiger partial charge in [0.25, 0.3) is 0 Å². The zero-order valence-corrected chi connectivity index (χ0v) is 5.45. The van der Waals surface area contributed by atoms with E-state index in [1.165, 1.54) is 0 Å². The van der Waals surface area contributed by atoms with Gasteiger partial charge in [-0.25, -0.2) is 4.79 Å². The summed E-state index contributed by atoms with van der Waals surface area (Å²) in [5, 5.41) is 16.2. The second-order valence-corrected chi connectivity index (χ2v) is 1.49. The smallest absolute Gasteiger partial charge is 0.329 e. The quantitative estimate of drug-likeness (QED) is 0.377. The standard InChI is InChI=1S/C5H10O5/c6-1-2-9-4-10-3-5(7)8/h6H,1-4H2,(H,7,8). The fraction of sp³-hybridized carbons (Fsp3) is 0.800. The number of hydrogen-bond acceptors (Lipinski definition) is 4. The highest BCUT2D eigenvalue weighted by atomic mass is 16.7. The molecule has 0 aliphatic rings. The topological polar surface area (TPSA) is 76.0 Å². The van der Waals surface area contributed by atoms with E-state index in [4.69, 9.17) is 10.2 Å². The average molecular weight is 150 g/mol. The predicted molar refractivity (Wildman–Crippen MR) is 31.5 cm³/mol. The number of aliphatic hydroxyl groups excluding tert-OH is 1. The van der Waals surface area contributed by atoms with Gasteiger partial charge < -0.3 is 19.7 Å². The highest BCUT2D eigenvalue weighted by Gasteiger charge is 1.94. The van der Waals surface area contributed by atoms with Crippen molar-refractivity contribution in [3.63, 3.8) is 0 Å². The van der Waals surface area contributed by atoms with E-state index in [-0.39, 0.29) is 26.6 Å². The number of carbonyl (C=O) groups is 1. The summed E-state index contributed by atoms with van der Waals surface area (Å²) in [6.07, 6.45) is 0. The fourth-order valence-corrected chi connectivity index (χ4v) is 0.311. The molecule has 0 amide bonds. The SMILES string of the molecule is O=C(O)COCOCCO. The molecule has 10 heavy (non-hydrogen) atoms. The van der Waals surface area contributed by atoms with Gasteiger partial charge in [0.05, 0.1) is 13.2 Å². The molecule has 60 valence electrons. The van der Waals surface area contributed by atoms with Gasteiger partial charge in [-0.2, -0.15) is 0 Å². The van der Waals surface area contributed by atoms with Gasteiger partial charge >= 0.3 is 5.97 Å². The zero-order chi connectivity index (χ0) is 7.82. The summed E-state index contributed by atoms with van der Waals surface area (Å²) in [5.74, 6) is -1.03. The third-order valence-corrected chi connectivity index (χ3v) is 0.628. The summed E-state index contributed by atoms with van der Waals surface area (Å²) in [5.41, 5.74) is 0. The van der Waals surface area contributed by atoms with E-state index in [9.17, 15) is 4.79 Å². The van der Waals surface area contributed by atoms with Crippen LogP contribution in [0.25, 0.3) is 0 Å². The summed E-state index contributed by atoms with van der Waals surface area (Å²) in [6, 6.07) is 0. The van der Waals surface area contributed by atoms with Crippen molar-refractivity contribution in [2.75, 3.05) is 26.6 Å². The molecule has 5 nitrogen and oxygen atoms in total. The Morgan fingerprint density at radius 2 is 2.10 bits per heavy atom. The molecule has 0 aromatic carbocycles. The molecule has 0 aliphatic carbocycles. The molecule has 0 saturated heterocycles. The molecule has 0 heterocycles.